The molecule has 188 valence electrons. The van der Waals surface area contributed by atoms with Gasteiger partial charge in [0.05, 0.1) is 5.75 Å². The van der Waals surface area contributed by atoms with Crippen LogP contribution in [0.25, 0.3) is 33.8 Å². The summed E-state index contributed by atoms with van der Waals surface area (Å²) in [5.41, 5.74) is 3.43. The molecule has 0 bridgehead atoms. The molecule has 0 radical (unpaired) electrons. The number of nitrogens with zero attached hydrogens (tertiary/aromatic N) is 4. The molecule has 0 aliphatic heterocycles. The van der Waals surface area contributed by atoms with Crippen LogP contribution in [0.2, 0.25) is 5.02 Å². The first-order valence-corrected chi connectivity index (χ1v) is 13.2. The van der Waals surface area contributed by atoms with Gasteiger partial charge in [-0.3, -0.25) is 10.1 Å². The van der Waals surface area contributed by atoms with E-state index in [1.54, 1.807) is 12.1 Å². The van der Waals surface area contributed by atoms with Crippen LogP contribution in [0.15, 0.2) is 94.5 Å². The van der Waals surface area contributed by atoms with Gasteiger partial charge in [-0.15, -0.1) is 10.2 Å². The smallest absolute Gasteiger partial charge is 0.237 e. The second kappa shape index (κ2) is 11.4. The van der Waals surface area contributed by atoms with Crippen molar-refractivity contribution in [2.24, 2.45) is 0 Å². The third kappa shape index (κ3) is 5.21. The van der Waals surface area contributed by atoms with Gasteiger partial charge in [-0.1, -0.05) is 84.0 Å². The van der Waals surface area contributed by atoms with E-state index in [-0.39, 0.29) is 23.1 Å². The van der Waals surface area contributed by atoms with Crippen LogP contribution in [0.5, 0.6) is 0 Å². The van der Waals surface area contributed by atoms with Gasteiger partial charge in [0, 0.05) is 28.3 Å². The van der Waals surface area contributed by atoms with Gasteiger partial charge in [0.15, 0.2) is 11.0 Å². The summed E-state index contributed by atoms with van der Waals surface area (Å²) in [6.07, 6.45) is 0. The Morgan fingerprint density at radius 1 is 0.974 bits per heavy atom. The average Bonchev–Trinajstić information content (AvgIpc) is 3.54. The number of aromatic nitrogens is 3. The summed E-state index contributed by atoms with van der Waals surface area (Å²) in [6.45, 7) is 2.62. The van der Waals surface area contributed by atoms with Crippen LogP contribution in [-0.2, 0) is 11.3 Å². The van der Waals surface area contributed by atoms with Gasteiger partial charge in [0.25, 0.3) is 0 Å². The molecule has 9 heteroatoms. The minimum atomic E-state index is -0.321. The number of thioether (sulfide) groups is 1. The molecule has 0 aliphatic carbocycles. The molecule has 1 amide bonds. The lowest BCUT2D eigenvalue weighted by atomic mass is 9.98. The third-order valence-corrected chi connectivity index (χ3v) is 7.06. The highest BCUT2D eigenvalue weighted by atomic mass is 35.5. The standard InChI is InChI=1S/C29H22ClN5O2S/c1-2-35-27(21-13-15-22(30)16-14-21)33-34-29(35)38-18-24(36)32-28-23(17-31)25(19-9-5-3-6-10-19)26(37-28)20-11-7-4-8-12-20/h3-16H,2,18H2,1H3,(H,32,36). The van der Waals surface area contributed by atoms with Gasteiger partial charge in [0.2, 0.25) is 11.8 Å². The van der Waals surface area contributed by atoms with Crippen LogP contribution in [-0.4, -0.2) is 26.4 Å². The van der Waals surface area contributed by atoms with Crippen molar-refractivity contribution < 1.29 is 9.21 Å². The van der Waals surface area contributed by atoms with Crippen LogP contribution in [0.1, 0.15) is 12.5 Å². The first kappa shape index (κ1) is 25.3. The normalized spacial score (nSPS) is 10.8. The molecule has 5 rings (SSSR count). The Bertz CT molecular complexity index is 1610. The summed E-state index contributed by atoms with van der Waals surface area (Å²) in [6, 6.07) is 28.6. The topological polar surface area (TPSA) is 96.7 Å². The van der Waals surface area contributed by atoms with Gasteiger partial charge in [-0.2, -0.15) is 5.26 Å². The maximum Gasteiger partial charge on any atom is 0.237 e. The molecular weight excluding hydrogens is 518 g/mol. The zero-order chi connectivity index (χ0) is 26.5. The Hall–Kier alpha value is -4.32. The molecule has 0 fully saturated rings. The fourth-order valence-corrected chi connectivity index (χ4v) is 5.01. The summed E-state index contributed by atoms with van der Waals surface area (Å²) in [5.74, 6) is 1.08. The van der Waals surface area contributed by atoms with E-state index in [1.165, 1.54) is 11.8 Å². The van der Waals surface area contributed by atoms with Crippen molar-refractivity contribution in [2.75, 3.05) is 11.1 Å². The summed E-state index contributed by atoms with van der Waals surface area (Å²) in [5, 5.41) is 22.7. The fourth-order valence-electron chi connectivity index (χ4n) is 4.08. The lowest BCUT2D eigenvalue weighted by Crippen LogP contribution is -2.15. The van der Waals surface area contributed by atoms with E-state index < -0.39 is 0 Å². The monoisotopic (exact) mass is 539 g/mol. The first-order valence-electron chi connectivity index (χ1n) is 11.9. The summed E-state index contributed by atoms with van der Waals surface area (Å²) >= 11 is 7.27. The van der Waals surface area contributed by atoms with E-state index >= 15 is 0 Å². The molecule has 0 unspecified atom stereocenters. The number of hydrogen-bond acceptors (Lipinski definition) is 6. The van der Waals surface area contributed by atoms with Crippen LogP contribution in [0.4, 0.5) is 5.88 Å². The van der Waals surface area contributed by atoms with Crippen molar-refractivity contribution in [2.45, 2.75) is 18.6 Å². The van der Waals surface area contributed by atoms with Gasteiger partial charge >= 0.3 is 0 Å². The molecular formula is C29H22ClN5O2S. The number of anilines is 1. The molecule has 1 N–H and O–H groups in total. The Labute approximate surface area is 229 Å². The number of nitriles is 1. The molecule has 0 saturated carbocycles. The molecule has 0 spiro atoms. The lowest BCUT2D eigenvalue weighted by Gasteiger charge is -2.07. The number of furan rings is 1. The van der Waals surface area contributed by atoms with Gasteiger partial charge in [0.1, 0.15) is 17.4 Å². The molecule has 38 heavy (non-hydrogen) atoms. The summed E-state index contributed by atoms with van der Waals surface area (Å²) in [4.78, 5) is 13.0. The van der Waals surface area contributed by atoms with E-state index in [9.17, 15) is 10.1 Å². The second-order valence-electron chi connectivity index (χ2n) is 8.25. The molecule has 0 saturated heterocycles. The van der Waals surface area contributed by atoms with Crippen molar-refractivity contribution in [3.05, 3.63) is 95.5 Å². The Kier molecular flexibility index (Phi) is 7.59. The van der Waals surface area contributed by atoms with E-state index in [0.717, 1.165) is 16.7 Å². The Balaban J connectivity index is 1.39. The molecule has 5 aromatic rings. The van der Waals surface area contributed by atoms with Gasteiger partial charge < -0.3 is 8.98 Å². The molecule has 0 atom stereocenters. The second-order valence-corrected chi connectivity index (χ2v) is 9.63. The molecule has 0 aliphatic rings. The number of hydrogen-bond donors (Lipinski definition) is 1. The zero-order valence-corrected chi connectivity index (χ0v) is 22.0. The van der Waals surface area contributed by atoms with Crippen molar-refractivity contribution in [3.8, 4) is 39.9 Å². The quantitative estimate of drug-likeness (QED) is 0.210. The van der Waals surface area contributed by atoms with E-state index in [4.69, 9.17) is 16.0 Å². The predicted molar refractivity (Wildman–Crippen MR) is 150 cm³/mol. The minimum Gasteiger partial charge on any atom is -0.438 e. The van der Waals surface area contributed by atoms with Crippen molar-refractivity contribution in [3.63, 3.8) is 0 Å². The molecule has 2 heterocycles. The average molecular weight is 540 g/mol. The highest BCUT2D eigenvalue weighted by molar-refractivity contribution is 7.99. The van der Waals surface area contributed by atoms with Crippen LogP contribution in [0, 0.1) is 11.3 Å². The van der Waals surface area contributed by atoms with Crippen molar-refractivity contribution in [1.82, 2.24) is 14.8 Å². The van der Waals surface area contributed by atoms with Crippen molar-refractivity contribution >= 4 is 35.2 Å². The first-order chi connectivity index (χ1) is 18.6. The largest absolute Gasteiger partial charge is 0.438 e. The maximum absolute atomic E-state index is 13.0. The number of benzene rings is 3. The third-order valence-electron chi connectivity index (χ3n) is 5.84. The maximum atomic E-state index is 13.0. The minimum absolute atomic E-state index is 0.0612. The summed E-state index contributed by atoms with van der Waals surface area (Å²) < 4.78 is 8.05. The highest BCUT2D eigenvalue weighted by Gasteiger charge is 2.24. The van der Waals surface area contributed by atoms with Crippen molar-refractivity contribution in [1.29, 1.82) is 5.26 Å². The van der Waals surface area contributed by atoms with Gasteiger partial charge in [-0.05, 0) is 36.8 Å². The fraction of sp³-hybridized carbons (Fsp3) is 0.103. The summed E-state index contributed by atoms with van der Waals surface area (Å²) in [7, 11) is 0. The number of halogens is 1. The van der Waals surface area contributed by atoms with Crippen LogP contribution >= 0.6 is 23.4 Å². The SMILES string of the molecule is CCn1c(SCC(=O)Nc2oc(-c3ccccc3)c(-c3ccccc3)c2C#N)nnc1-c1ccc(Cl)cc1. The van der Waals surface area contributed by atoms with Crippen LogP contribution in [0.3, 0.4) is 0 Å². The number of carbonyl (C=O) groups is 1. The number of nitrogens with one attached hydrogen (secondary N) is 1. The predicted octanol–water partition coefficient (Wildman–Crippen LogP) is 7.15. The van der Waals surface area contributed by atoms with E-state index in [2.05, 4.69) is 21.6 Å². The molecule has 3 aromatic carbocycles. The molecule has 7 nitrogen and oxygen atoms in total. The van der Waals surface area contributed by atoms with Gasteiger partial charge in [-0.25, -0.2) is 0 Å². The lowest BCUT2D eigenvalue weighted by molar-refractivity contribution is -0.113. The zero-order valence-electron chi connectivity index (χ0n) is 20.4. The number of carbonyl (C=O) groups excluding carboxylic acids is 1. The highest BCUT2D eigenvalue weighted by Crippen LogP contribution is 2.41. The number of rotatable bonds is 8. The Morgan fingerprint density at radius 2 is 1.63 bits per heavy atom. The number of amides is 1. The van der Waals surface area contributed by atoms with E-state index in [1.807, 2.05) is 84.3 Å². The molecule has 2 aromatic heterocycles. The van der Waals surface area contributed by atoms with E-state index in [0.29, 0.717) is 33.9 Å². The van der Waals surface area contributed by atoms with Crippen LogP contribution < -0.4 is 5.32 Å². The Morgan fingerprint density at radius 3 is 2.26 bits per heavy atom.